The Morgan fingerprint density at radius 3 is 1.83 bits per heavy atom. The molecule has 0 spiro atoms. The summed E-state index contributed by atoms with van der Waals surface area (Å²) >= 11 is 0. The molecule has 1 unspecified atom stereocenters. The van der Waals surface area contributed by atoms with Crippen molar-refractivity contribution >= 4 is 5.69 Å². The first-order valence-electron chi connectivity index (χ1n) is 6.59. The molecule has 0 amide bonds. The topological polar surface area (TPSA) is 12.0 Å². The number of hydrogen-bond acceptors (Lipinski definition) is 1. The Hall–Kier alpha value is -1.76. The molecule has 2 rings (SSSR count). The Kier molecular flexibility index (Phi) is 4.03. The molecule has 1 nitrogen and oxygen atoms in total. The monoisotopic (exact) mass is 239 g/mol. The summed E-state index contributed by atoms with van der Waals surface area (Å²) in [6.45, 7) is 6.45. The van der Waals surface area contributed by atoms with Crippen molar-refractivity contribution in [3.63, 3.8) is 0 Å². The number of hydrogen-bond donors (Lipinski definition) is 1. The summed E-state index contributed by atoms with van der Waals surface area (Å²) < 4.78 is 0. The maximum atomic E-state index is 3.59. The molecule has 18 heavy (non-hydrogen) atoms. The third kappa shape index (κ3) is 3.13. The number of benzene rings is 2. The molecule has 2 aromatic carbocycles. The summed E-state index contributed by atoms with van der Waals surface area (Å²) in [5.41, 5.74) is 5.14. The molecular weight excluding hydrogens is 218 g/mol. The predicted molar refractivity (Wildman–Crippen MR) is 79.0 cm³/mol. The van der Waals surface area contributed by atoms with Crippen LogP contribution in [0.2, 0.25) is 0 Å². The van der Waals surface area contributed by atoms with Gasteiger partial charge in [0.2, 0.25) is 0 Å². The number of aryl methyl sites for hydroxylation is 2. The van der Waals surface area contributed by atoms with E-state index in [-0.39, 0.29) is 0 Å². The molecule has 0 heterocycles. The smallest absolute Gasteiger partial charge is 0.0511 e. The first kappa shape index (κ1) is 12.7. The second-order valence-corrected chi connectivity index (χ2v) is 4.88. The van der Waals surface area contributed by atoms with E-state index in [4.69, 9.17) is 0 Å². The molecule has 2 aromatic rings. The molecule has 0 radical (unpaired) electrons. The normalized spacial score (nSPS) is 12.2. The van der Waals surface area contributed by atoms with Crippen molar-refractivity contribution in [3.8, 4) is 0 Å². The van der Waals surface area contributed by atoms with Crippen LogP contribution in [0.3, 0.4) is 0 Å². The van der Waals surface area contributed by atoms with Gasteiger partial charge >= 0.3 is 0 Å². The average Bonchev–Trinajstić information content (AvgIpc) is 2.39. The first-order chi connectivity index (χ1) is 8.69. The predicted octanol–water partition coefficient (Wildman–Crippen LogP) is 4.87. The van der Waals surface area contributed by atoms with Crippen molar-refractivity contribution in [2.75, 3.05) is 5.32 Å². The third-order valence-corrected chi connectivity index (χ3v) is 3.28. The van der Waals surface area contributed by atoms with Crippen LogP contribution in [-0.4, -0.2) is 0 Å². The second-order valence-electron chi connectivity index (χ2n) is 4.88. The highest BCUT2D eigenvalue weighted by Gasteiger charge is 2.08. The van der Waals surface area contributed by atoms with Crippen LogP contribution in [0.1, 0.15) is 36.1 Å². The molecule has 0 bridgehead atoms. The zero-order valence-corrected chi connectivity index (χ0v) is 11.4. The molecule has 1 atom stereocenters. The third-order valence-electron chi connectivity index (χ3n) is 3.28. The van der Waals surface area contributed by atoms with Crippen LogP contribution in [0.4, 0.5) is 5.69 Å². The fourth-order valence-corrected chi connectivity index (χ4v) is 2.07. The molecule has 0 aliphatic carbocycles. The van der Waals surface area contributed by atoms with Gasteiger partial charge in [-0.15, -0.1) is 0 Å². The summed E-state index contributed by atoms with van der Waals surface area (Å²) in [6.07, 6.45) is 1.08. The highest BCUT2D eigenvalue weighted by Crippen LogP contribution is 2.23. The van der Waals surface area contributed by atoms with Crippen molar-refractivity contribution < 1.29 is 0 Å². The Morgan fingerprint density at radius 2 is 1.33 bits per heavy atom. The van der Waals surface area contributed by atoms with Gasteiger partial charge in [-0.3, -0.25) is 0 Å². The Labute approximate surface area is 110 Å². The van der Waals surface area contributed by atoms with Crippen LogP contribution in [-0.2, 0) is 0 Å². The lowest BCUT2D eigenvalue weighted by Gasteiger charge is -2.19. The summed E-state index contributed by atoms with van der Waals surface area (Å²) in [5, 5.41) is 3.59. The molecule has 0 saturated heterocycles. The van der Waals surface area contributed by atoms with E-state index in [1.165, 1.54) is 22.4 Å². The van der Waals surface area contributed by atoms with E-state index in [2.05, 4.69) is 74.6 Å². The van der Waals surface area contributed by atoms with Gasteiger partial charge in [0, 0.05) is 5.69 Å². The van der Waals surface area contributed by atoms with Crippen LogP contribution < -0.4 is 5.32 Å². The number of nitrogens with one attached hydrogen (secondary N) is 1. The van der Waals surface area contributed by atoms with Gasteiger partial charge in [-0.25, -0.2) is 0 Å². The average molecular weight is 239 g/mol. The number of rotatable bonds is 4. The summed E-state index contributed by atoms with van der Waals surface area (Å²) in [5.74, 6) is 0. The van der Waals surface area contributed by atoms with Crippen LogP contribution in [0.5, 0.6) is 0 Å². The summed E-state index contributed by atoms with van der Waals surface area (Å²) in [7, 11) is 0. The minimum atomic E-state index is 0.383. The Balaban J connectivity index is 2.14. The van der Waals surface area contributed by atoms with Gasteiger partial charge in [0.1, 0.15) is 0 Å². The molecule has 0 aliphatic heterocycles. The van der Waals surface area contributed by atoms with Gasteiger partial charge < -0.3 is 5.32 Å². The highest BCUT2D eigenvalue weighted by atomic mass is 14.9. The van der Waals surface area contributed by atoms with E-state index in [1.807, 2.05) is 0 Å². The van der Waals surface area contributed by atoms with E-state index in [1.54, 1.807) is 0 Å². The van der Waals surface area contributed by atoms with Crippen molar-refractivity contribution in [1.29, 1.82) is 0 Å². The fraction of sp³-hybridized carbons (Fsp3) is 0.294. The zero-order chi connectivity index (χ0) is 13.0. The van der Waals surface area contributed by atoms with Crippen LogP contribution in [0.25, 0.3) is 0 Å². The quantitative estimate of drug-likeness (QED) is 0.803. The lowest BCUT2D eigenvalue weighted by atomic mass is 10.0. The Bertz CT molecular complexity index is 482. The van der Waals surface area contributed by atoms with Gasteiger partial charge in [0.05, 0.1) is 6.04 Å². The number of anilines is 1. The van der Waals surface area contributed by atoms with E-state index < -0.39 is 0 Å². The van der Waals surface area contributed by atoms with Gasteiger partial charge in [-0.2, -0.15) is 0 Å². The standard InChI is InChI=1S/C17H21N/c1-4-17(15-9-5-13(2)6-10-15)18-16-11-7-14(3)8-12-16/h5-12,17-18H,4H2,1-3H3. The zero-order valence-electron chi connectivity index (χ0n) is 11.4. The van der Waals surface area contributed by atoms with Crippen LogP contribution in [0, 0.1) is 13.8 Å². The van der Waals surface area contributed by atoms with Gasteiger partial charge in [0.15, 0.2) is 0 Å². The van der Waals surface area contributed by atoms with Crippen molar-refractivity contribution in [3.05, 3.63) is 65.2 Å². The summed E-state index contributed by atoms with van der Waals surface area (Å²) in [4.78, 5) is 0. The lowest BCUT2D eigenvalue weighted by molar-refractivity contribution is 0.749. The fourth-order valence-electron chi connectivity index (χ4n) is 2.07. The SMILES string of the molecule is CCC(Nc1ccc(C)cc1)c1ccc(C)cc1. The van der Waals surface area contributed by atoms with E-state index in [9.17, 15) is 0 Å². The second kappa shape index (κ2) is 5.72. The first-order valence-corrected chi connectivity index (χ1v) is 6.59. The molecule has 1 N–H and O–H groups in total. The van der Waals surface area contributed by atoms with Gasteiger partial charge in [-0.1, -0.05) is 54.4 Å². The van der Waals surface area contributed by atoms with Gasteiger partial charge in [-0.05, 0) is 38.0 Å². The molecular formula is C17H21N. The Morgan fingerprint density at radius 1 is 0.833 bits per heavy atom. The minimum absolute atomic E-state index is 0.383. The lowest BCUT2D eigenvalue weighted by Crippen LogP contribution is -2.09. The van der Waals surface area contributed by atoms with E-state index >= 15 is 0 Å². The van der Waals surface area contributed by atoms with Crippen molar-refractivity contribution in [2.24, 2.45) is 0 Å². The van der Waals surface area contributed by atoms with Crippen molar-refractivity contribution in [2.45, 2.75) is 33.2 Å². The van der Waals surface area contributed by atoms with Crippen LogP contribution in [0.15, 0.2) is 48.5 Å². The van der Waals surface area contributed by atoms with Crippen LogP contribution >= 0.6 is 0 Å². The molecule has 1 heteroatoms. The molecule has 0 saturated carbocycles. The van der Waals surface area contributed by atoms with Crippen molar-refractivity contribution in [1.82, 2.24) is 0 Å². The molecule has 0 aliphatic rings. The molecule has 0 fully saturated rings. The molecule has 94 valence electrons. The summed E-state index contributed by atoms with van der Waals surface area (Å²) in [6, 6.07) is 17.7. The maximum Gasteiger partial charge on any atom is 0.0511 e. The van der Waals surface area contributed by atoms with E-state index in [0.717, 1.165) is 6.42 Å². The molecule has 0 aromatic heterocycles. The highest BCUT2D eigenvalue weighted by molar-refractivity contribution is 5.46. The van der Waals surface area contributed by atoms with Gasteiger partial charge in [0.25, 0.3) is 0 Å². The maximum absolute atomic E-state index is 3.59. The van der Waals surface area contributed by atoms with E-state index in [0.29, 0.717) is 6.04 Å². The minimum Gasteiger partial charge on any atom is -0.378 e. The largest absolute Gasteiger partial charge is 0.378 e.